The van der Waals surface area contributed by atoms with Gasteiger partial charge in [0.15, 0.2) is 0 Å². The highest BCUT2D eigenvalue weighted by Crippen LogP contribution is 2.21. The van der Waals surface area contributed by atoms with Crippen molar-refractivity contribution in [3.8, 4) is 0 Å². The molecule has 0 amide bonds. The highest BCUT2D eigenvalue weighted by Gasteiger charge is 2.25. The second kappa shape index (κ2) is 7.38. The number of hydrogen-bond acceptors (Lipinski definition) is 2. The Morgan fingerprint density at radius 3 is 1.94 bits per heavy atom. The average molecular weight is 240 g/mol. The molecular weight excluding hydrogens is 208 g/mol. The molecule has 0 aromatic rings. The zero-order valence-electron chi connectivity index (χ0n) is 12.5. The Bertz CT molecular complexity index is 189. The SMILES string of the molecule is CCC(CC)C(C)N1CC(C)CNCC(C)C1. The Hall–Kier alpha value is -0.0800. The van der Waals surface area contributed by atoms with Crippen molar-refractivity contribution >= 4 is 0 Å². The minimum absolute atomic E-state index is 0.744. The third-order valence-corrected chi connectivity index (χ3v) is 4.38. The molecule has 2 heteroatoms. The highest BCUT2D eigenvalue weighted by molar-refractivity contribution is 4.80. The molecule has 1 heterocycles. The molecule has 17 heavy (non-hydrogen) atoms. The number of hydrogen-bond donors (Lipinski definition) is 1. The lowest BCUT2D eigenvalue weighted by atomic mass is 9.92. The molecule has 1 aliphatic rings. The first-order valence-electron chi connectivity index (χ1n) is 7.53. The van der Waals surface area contributed by atoms with Crippen LogP contribution in [0.15, 0.2) is 0 Å². The summed E-state index contributed by atoms with van der Waals surface area (Å²) in [5.41, 5.74) is 0. The van der Waals surface area contributed by atoms with Crippen LogP contribution in [0.1, 0.15) is 47.5 Å². The summed E-state index contributed by atoms with van der Waals surface area (Å²) >= 11 is 0. The van der Waals surface area contributed by atoms with Crippen molar-refractivity contribution in [1.29, 1.82) is 0 Å². The van der Waals surface area contributed by atoms with Crippen LogP contribution < -0.4 is 5.32 Å². The van der Waals surface area contributed by atoms with Gasteiger partial charge in [0.25, 0.3) is 0 Å². The standard InChI is InChI=1S/C15H32N2/c1-6-15(7-2)14(5)17-10-12(3)8-16-9-13(4)11-17/h12-16H,6-11H2,1-5H3. The summed E-state index contributed by atoms with van der Waals surface area (Å²) in [5, 5.41) is 3.58. The molecule has 1 saturated heterocycles. The lowest BCUT2D eigenvalue weighted by molar-refractivity contribution is 0.102. The van der Waals surface area contributed by atoms with Gasteiger partial charge in [-0.2, -0.15) is 0 Å². The Morgan fingerprint density at radius 1 is 1.06 bits per heavy atom. The molecule has 3 unspecified atom stereocenters. The number of nitrogens with zero attached hydrogens (tertiary/aromatic N) is 1. The lowest BCUT2D eigenvalue weighted by Crippen LogP contribution is -2.48. The molecule has 0 aromatic heterocycles. The Morgan fingerprint density at radius 2 is 1.53 bits per heavy atom. The van der Waals surface area contributed by atoms with Crippen molar-refractivity contribution < 1.29 is 0 Å². The molecule has 1 aliphatic heterocycles. The van der Waals surface area contributed by atoms with Gasteiger partial charge in [0.1, 0.15) is 0 Å². The van der Waals surface area contributed by atoms with Crippen molar-refractivity contribution in [3.63, 3.8) is 0 Å². The third kappa shape index (κ3) is 4.59. The normalized spacial score (nSPS) is 30.0. The van der Waals surface area contributed by atoms with Crippen LogP contribution in [0.4, 0.5) is 0 Å². The molecule has 0 saturated carbocycles. The second-order valence-corrected chi connectivity index (χ2v) is 6.14. The molecular formula is C15H32N2. The van der Waals surface area contributed by atoms with E-state index in [4.69, 9.17) is 0 Å². The van der Waals surface area contributed by atoms with Crippen LogP contribution in [-0.4, -0.2) is 37.1 Å². The zero-order valence-corrected chi connectivity index (χ0v) is 12.5. The predicted molar refractivity (Wildman–Crippen MR) is 76.3 cm³/mol. The van der Waals surface area contributed by atoms with Gasteiger partial charge in [-0.1, -0.05) is 40.5 Å². The maximum atomic E-state index is 3.58. The van der Waals surface area contributed by atoms with E-state index in [1.54, 1.807) is 0 Å². The fourth-order valence-electron chi connectivity index (χ4n) is 3.18. The topological polar surface area (TPSA) is 15.3 Å². The fourth-order valence-corrected chi connectivity index (χ4v) is 3.18. The van der Waals surface area contributed by atoms with E-state index >= 15 is 0 Å². The van der Waals surface area contributed by atoms with E-state index in [-0.39, 0.29) is 0 Å². The van der Waals surface area contributed by atoms with Crippen LogP contribution in [0.2, 0.25) is 0 Å². The van der Waals surface area contributed by atoms with Crippen LogP contribution in [0.25, 0.3) is 0 Å². The first-order chi connectivity index (χ1) is 8.08. The fraction of sp³-hybridized carbons (Fsp3) is 1.00. The predicted octanol–water partition coefficient (Wildman–Crippen LogP) is 2.99. The van der Waals surface area contributed by atoms with E-state index < -0.39 is 0 Å². The molecule has 1 fully saturated rings. The third-order valence-electron chi connectivity index (χ3n) is 4.38. The quantitative estimate of drug-likeness (QED) is 0.812. The molecule has 3 atom stereocenters. The summed E-state index contributed by atoms with van der Waals surface area (Å²) < 4.78 is 0. The van der Waals surface area contributed by atoms with Crippen molar-refractivity contribution in [2.24, 2.45) is 17.8 Å². The highest BCUT2D eigenvalue weighted by atomic mass is 15.2. The molecule has 0 bridgehead atoms. The van der Waals surface area contributed by atoms with Crippen LogP contribution in [-0.2, 0) is 0 Å². The van der Waals surface area contributed by atoms with E-state index in [2.05, 4.69) is 44.8 Å². The minimum atomic E-state index is 0.744. The average Bonchev–Trinajstić information content (AvgIpc) is 2.27. The van der Waals surface area contributed by atoms with Gasteiger partial charge in [-0.25, -0.2) is 0 Å². The molecule has 1 N–H and O–H groups in total. The molecule has 0 aromatic carbocycles. The van der Waals surface area contributed by atoms with Crippen molar-refractivity contribution in [2.75, 3.05) is 26.2 Å². The van der Waals surface area contributed by atoms with Gasteiger partial charge in [0.2, 0.25) is 0 Å². The first kappa shape index (κ1) is 15.0. The van der Waals surface area contributed by atoms with E-state index in [9.17, 15) is 0 Å². The number of rotatable bonds is 4. The summed E-state index contributed by atoms with van der Waals surface area (Å²) in [6.45, 7) is 16.7. The molecule has 0 aliphatic carbocycles. The second-order valence-electron chi connectivity index (χ2n) is 6.14. The lowest BCUT2D eigenvalue weighted by Gasteiger charge is -2.39. The van der Waals surface area contributed by atoms with E-state index in [1.165, 1.54) is 39.0 Å². The van der Waals surface area contributed by atoms with Gasteiger partial charge < -0.3 is 5.32 Å². The maximum Gasteiger partial charge on any atom is 0.00952 e. The molecule has 2 nitrogen and oxygen atoms in total. The van der Waals surface area contributed by atoms with E-state index in [1.807, 2.05) is 0 Å². The van der Waals surface area contributed by atoms with Crippen LogP contribution >= 0.6 is 0 Å². The van der Waals surface area contributed by atoms with Gasteiger partial charge in [0.05, 0.1) is 0 Å². The number of nitrogens with one attached hydrogen (secondary N) is 1. The minimum Gasteiger partial charge on any atom is -0.316 e. The molecule has 102 valence electrons. The van der Waals surface area contributed by atoms with Crippen LogP contribution in [0, 0.1) is 17.8 Å². The Balaban J connectivity index is 2.62. The van der Waals surface area contributed by atoms with Crippen molar-refractivity contribution in [2.45, 2.75) is 53.5 Å². The van der Waals surface area contributed by atoms with Gasteiger partial charge in [-0.15, -0.1) is 0 Å². The molecule has 0 radical (unpaired) electrons. The monoisotopic (exact) mass is 240 g/mol. The summed E-state index contributed by atoms with van der Waals surface area (Å²) in [7, 11) is 0. The summed E-state index contributed by atoms with van der Waals surface area (Å²) in [4.78, 5) is 2.74. The zero-order chi connectivity index (χ0) is 12.8. The van der Waals surface area contributed by atoms with Crippen LogP contribution in [0.5, 0.6) is 0 Å². The smallest absolute Gasteiger partial charge is 0.00952 e. The Labute approximate surface area is 108 Å². The Kier molecular flexibility index (Phi) is 6.50. The van der Waals surface area contributed by atoms with Crippen molar-refractivity contribution in [3.05, 3.63) is 0 Å². The van der Waals surface area contributed by atoms with E-state index in [0.717, 1.165) is 23.8 Å². The van der Waals surface area contributed by atoms with Gasteiger partial charge in [-0.3, -0.25) is 4.90 Å². The van der Waals surface area contributed by atoms with Gasteiger partial charge in [-0.05, 0) is 37.8 Å². The summed E-state index contributed by atoms with van der Waals surface area (Å²) in [6, 6.07) is 0.744. The first-order valence-corrected chi connectivity index (χ1v) is 7.53. The summed E-state index contributed by atoms with van der Waals surface area (Å²) in [5.74, 6) is 2.42. The van der Waals surface area contributed by atoms with Crippen LogP contribution in [0.3, 0.4) is 0 Å². The molecule has 1 rings (SSSR count). The summed E-state index contributed by atoms with van der Waals surface area (Å²) in [6.07, 6.45) is 2.63. The largest absolute Gasteiger partial charge is 0.316 e. The van der Waals surface area contributed by atoms with Gasteiger partial charge in [0, 0.05) is 19.1 Å². The maximum absolute atomic E-state index is 3.58. The van der Waals surface area contributed by atoms with E-state index in [0.29, 0.717) is 0 Å². The van der Waals surface area contributed by atoms with Crippen molar-refractivity contribution in [1.82, 2.24) is 10.2 Å². The van der Waals surface area contributed by atoms with Gasteiger partial charge >= 0.3 is 0 Å². The molecule has 0 spiro atoms.